The van der Waals surface area contributed by atoms with E-state index in [-0.39, 0.29) is 17.2 Å². The molecule has 0 aliphatic heterocycles. The SMILES string of the molecule is CCCc1c(N)nc(-c2cccc(C(F)(F)F)c2)[nH]c1=O. The van der Waals surface area contributed by atoms with Crippen LogP contribution < -0.4 is 11.3 Å². The van der Waals surface area contributed by atoms with Crippen molar-refractivity contribution in [1.82, 2.24) is 9.97 Å². The zero-order chi connectivity index (χ0) is 15.6. The zero-order valence-corrected chi connectivity index (χ0v) is 11.3. The maximum absolute atomic E-state index is 12.7. The maximum Gasteiger partial charge on any atom is 0.416 e. The molecule has 2 rings (SSSR count). The van der Waals surface area contributed by atoms with Gasteiger partial charge < -0.3 is 10.7 Å². The largest absolute Gasteiger partial charge is 0.416 e. The fraction of sp³-hybridized carbons (Fsp3) is 0.286. The molecule has 0 bridgehead atoms. The van der Waals surface area contributed by atoms with Crippen molar-refractivity contribution < 1.29 is 13.2 Å². The summed E-state index contributed by atoms with van der Waals surface area (Å²) in [7, 11) is 0. The predicted molar refractivity (Wildman–Crippen MR) is 73.7 cm³/mol. The molecule has 21 heavy (non-hydrogen) atoms. The Hall–Kier alpha value is -2.31. The monoisotopic (exact) mass is 297 g/mol. The average Bonchev–Trinajstić information content (AvgIpc) is 2.42. The molecule has 4 nitrogen and oxygen atoms in total. The van der Waals surface area contributed by atoms with Gasteiger partial charge in [0.25, 0.3) is 5.56 Å². The number of halogens is 3. The van der Waals surface area contributed by atoms with E-state index < -0.39 is 17.3 Å². The minimum absolute atomic E-state index is 0.0310. The molecular weight excluding hydrogens is 283 g/mol. The number of nitrogens with one attached hydrogen (secondary N) is 1. The van der Waals surface area contributed by atoms with Gasteiger partial charge in [-0.3, -0.25) is 4.79 Å². The Morgan fingerprint density at radius 1 is 1.33 bits per heavy atom. The maximum atomic E-state index is 12.7. The Morgan fingerprint density at radius 3 is 2.62 bits per heavy atom. The Kier molecular flexibility index (Phi) is 4.02. The van der Waals surface area contributed by atoms with Gasteiger partial charge >= 0.3 is 6.18 Å². The number of H-pyrrole nitrogens is 1. The molecule has 1 aromatic heterocycles. The molecule has 0 atom stereocenters. The number of benzene rings is 1. The molecule has 0 spiro atoms. The lowest BCUT2D eigenvalue weighted by atomic mass is 10.1. The van der Waals surface area contributed by atoms with Crippen LogP contribution in [0.3, 0.4) is 0 Å². The molecule has 0 aliphatic carbocycles. The third-order valence-corrected chi connectivity index (χ3v) is 3.01. The molecule has 1 aromatic carbocycles. The molecule has 0 saturated heterocycles. The van der Waals surface area contributed by atoms with Crippen LogP contribution in [0, 0.1) is 0 Å². The number of hydrogen-bond donors (Lipinski definition) is 2. The second-order valence-electron chi connectivity index (χ2n) is 4.61. The Bertz CT molecular complexity index is 707. The fourth-order valence-corrected chi connectivity index (χ4v) is 1.99. The molecule has 0 radical (unpaired) electrons. The van der Waals surface area contributed by atoms with Gasteiger partial charge in [0.05, 0.1) is 11.1 Å². The van der Waals surface area contributed by atoms with Crippen LogP contribution in [0.15, 0.2) is 29.1 Å². The molecule has 0 fully saturated rings. The van der Waals surface area contributed by atoms with Gasteiger partial charge in [0, 0.05) is 5.56 Å². The highest BCUT2D eigenvalue weighted by Crippen LogP contribution is 2.31. The highest BCUT2D eigenvalue weighted by Gasteiger charge is 2.30. The van der Waals surface area contributed by atoms with Crippen LogP contribution in [0.1, 0.15) is 24.5 Å². The molecule has 0 aliphatic rings. The van der Waals surface area contributed by atoms with Crippen molar-refractivity contribution in [2.75, 3.05) is 5.73 Å². The van der Waals surface area contributed by atoms with Crippen molar-refractivity contribution in [2.24, 2.45) is 0 Å². The summed E-state index contributed by atoms with van der Waals surface area (Å²) in [6, 6.07) is 4.58. The van der Waals surface area contributed by atoms with E-state index in [2.05, 4.69) is 9.97 Å². The number of nitrogen functional groups attached to an aromatic ring is 1. The summed E-state index contributed by atoms with van der Waals surface area (Å²) in [4.78, 5) is 18.4. The van der Waals surface area contributed by atoms with Gasteiger partial charge in [0.15, 0.2) is 0 Å². The Balaban J connectivity index is 2.51. The summed E-state index contributed by atoms with van der Waals surface area (Å²) in [5.74, 6) is 0.0801. The molecular formula is C14H14F3N3O. The summed E-state index contributed by atoms with van der Waals surface area (Å²) in [6.07, 6.45) is -3.26. The van der Waals surface area contributed by atoms with E-state index in [1.54, 1.807) is 0 Å². The molecule has 0 unspecified atom stereocenters. The van der Waals surface area contributed by atoms with Gasteiger partial charge in [-0.25, -0.2) is 4.98 Å². The van der Waals surface area contributed by atoms with Crippen LogP contribution in [-0.4, -0.2) is 9.97 Å². The number of hydrogen-bond acceptors (Lipinski definition) is 3. The number of alkyl halides is 3. The van der Waals surface area contributed by atoms with Gasteiger partial charge in [-0.15, -0.1) is 0 Å². The first-order valence-electron chi connectivity index (χ1n) is 6.39. The average molecular weight is 297 g/mol. The van der Waals surface area contributed by atoms with Crippen molar-refractivity contribution in [3.05, 3.63) is 45.7 Å². The number of aromatic amines is 1. The predicted octanol–water partition coefficient (Wildman–Crippen LogP) is 2.99. The van der Waals surface area contributed by atoms with E-state index in [0.29, 0.717) is 12.0 Å². The number of nitrogens with zero attached hydrogens (tertiary/aromatic N) is 1. The lowest BCUT2D eigenvalue weighted by Crippen LogP contribution is -2.18. The minimum Gasteiger partial charge on any atom is -0.383 e. The standard InChI is InChI=1S/C14H14F3N3O/c1-2-4-10-11(18)19-12(20-13(10)21)8-5-3-6-9(7-8)14(15,16)17/h3,5-7H,2,4H2,1H3,(H3,18,19,20,21). The third kappa shape index (κ3) is 3.24. The van der Waals surface area contributed by atoms with Gasteiger partial charge in [0.1, 0.15) is 11.6 Å². The second kappa shape index (κ2) is 5.59. The van der Waals surface area contributed by atoms with Gasteiger partial charge in [-0.2, -0.15) is 13.2 Å². The van der Waals surface area contributed by atoms with Crippen LogP contribution in [0.2, 0.25) is 0 Å². The lowest BCUT2D eigenvalue weighted by molar-refractivity contribution is -0.137. The zero-order valence-electron chi connectivity index (χ0n) is 11.3. The highest BCUT2D eigenvalue weighted by molar-refractivity contribution is 5.58. The summed E-state index contributed by atoms with van der Waals surface area (Å²) in [5, 5.41) is 0. The summed E-state index contributed by atoms with van der Waals surface area (Å²) < 4.78 is 38.1. The van der Waals surface area contributed by atoms with E-state index in [1.165, 1.54) is 12.1 Å². The molecule has 0 amide bonds. The Labute approximate surface area is 118 Å². The van der Waals surface area contributed by atoms with Gasteiger partial charge in [0.2, 0.25) is 0 Å². The van der Waals surface area contributed by atoms with E-state index in [9.17, 15) is 18.0 Å². The third-order valence-electron chi connectivity index (χ3n) is 3.01. The summed E-state index contributed by atoms with van der Waals surface area (Å²) in [5.41, 5.74) is 5.01. The summed E-state index contributed by atoms with van der Waals surface area (Å²) >= 11 is 0. The first-order valence-corrected chi connectivity index (χ1v) is 6.39. The van der Waals surface area contributed by atoms with Crippen LogP contribution in [0.25, 0.3) is 11.4 Å². The minimum atomic E-state index is -4.45. The van der Waals surface area contributed by atoms with Crippen molar-refractivity contribution >= 4 is 5.82 Å². The first-order chi connectivity index (χ1) is 9.82. The van der Waals surface area contributed by atoms with E-state index in [1.807, 2.05) is 6.92 Å². The summed E-state index contributed by atoms with van der Waals surface area (Å²) in [6.45, 7) is 1.89. The normalized spacial score (nSPS) is 11.6. The number of nitrogens with two attached hydrogens (primary N) is 1. The van der Waals surface area contributed by atoms with E-state index in [0.717, 1.165) is 18.6 Å². The van der Waals surface area contributed by atoms with Gasteiger partial charge in [-0.1, -0.05) is 25.5 Å². The quantitative estimate of drug-likeness (QED) is 0.914. The molecule has 3 N–H and O–H groups in total. The number of anilines is 1. The topological polar surface area (TPSA) is 71.8 Å². The molecule has 2 aromatic rings. The lowest BCUT2D eigenvalue weighted by Gasteiger charge is -2.09. The smallest absolute Gasteiger partial charge is 0.383 e. The van der Waals surface area contributed by atoms with Crippen LogP contribution in [0.5, 0.6) is 0 Å². The van der Waals surface area contributed by atoms with Gasteiger partial charge in [-0.05, 0) is 18.6 Å². The van der Waals surface area contributed by atoms with E-state index in [4.69, 9.17) is 5.73 Å². The number of aromatic nitrogens is 2. The number of rotatable bonds is 3. The van der Waals surface area contributed by atoms with Crippen molar-refractivity contribution in [3.63, 3.8) is 0 Å². The molecule has 112 valence electrons. The van der Waals surface area contributed by atoms with Crippen LogP contribution in [0.4, 0.5) is 19.0 Å². The van der Waals surface area contributed by atoms with Crippen LogP contribution in [-0.2, 0) is 12.6 Å². The fourth-order valence-electron chi connectivity index (χ4n) is 1.99. The second-order valence-corrected chi connectivity index (χ2v) is 4.61. The molecule has 1 heterocycles. The van der Waals surface area contributed by atoms with Crippen molar-refractivity contribution in [3.8, 4) is 11.4 Å². The van der Waals surface area contributed by atoms with E-state index >= 15 is 0 Å². The highest BCUT2D eigenvalue weighted by atomic mass is 19.4. The first kappa shape index (κ1) is 15.1. The van der Waals surface area contributed by atoms with Crippen molar-refractivity contribution in [1.29, 1.82) is 0 Å². The van der Waals surface area contributed by atoms with Crippen LogP contribution >= 0.6 is 0 Å². The van der Waals surface area contributed by atoms with Crippen molar-refractivity contribution in [2.45, 2.75) is 25.9 Å². The Morgan fingerprint density at radius 2 is 2.05 bits per heavy atom. The molecule has 0 saturated carbocycles. The molecule has 7 heteroatoms.